The van der Waals surface area contributed by atoms with Crippen LogP contribution in [0.25, 0.3) is 0 Å². The average molecular weight is 963 g/mol. The summed E-state index contributed by atoms with van der Waals surface area (Å²) in [7, 11) is 1.17. The van der Waals surface area contributed by atoms with Gasteiger partial charge in [0.25, 0.3) is 7.82 Å². The lowest BCUT2D eigenvalue weighted by Crippen LogP contribution is -2.47. The number of amides is 1. The maximum atomic E-state index is 13.5. The van der Waals surface area contributed by atoms with Gasteiger partial charge in [0.05, 0.1) is 33.8 Å². The predicted molar refractivity (Wildman–Crippen MR) is 284 cm³/mol. The molecule has 0 aliphatic carbocycles. The SMILES string of the molecule is CCCC/C=C\CCCCCCCC(=O)OC(/C=C/CCCCCCCCCCCCC)C(COP(=O)([O-])OCC[N+](C)(C)C)NC(=O)CCCCCCCCC/C=C\C/C=C\CCCCC. The van der Waals surface area contributed by atoms with Crippen LogP contribution in [0.5, 0.6) is 0 Å². The van der Waals surface area contributed by atoms with Gasteiger partial charge in [0.1, 0.15) is 19.3 Å². The van der Waals surface area contributed by atoms with E-state index in [2.05, 4.69) is 62.5 Å². The lowest BCUT2D eigenvalue weighted by molar-refractivity contribution is -0.870. The molecular formula is C57H107N2O7P. The van der Waals surface area contributed by atoms with Gasteiger partial charge in [-0.2, -0.15) is 0 Å². The van der Waals surface area contributed by atoms with Crippen LogP contribution in [0.4, 0.5) is 0 Å². The Morgan fingerprint density at radius 2 is 0.925 bits per heavy atom. The molecule has 0 aliphatic rings. The number of carbonyl (C=O) groups is 2. The van der Waals surface area contributed by atoms with Crippen molar-refractivity contribution in [3.05, 3.63) is 48.6 Å². The molecule has 0 bridgehead atoms. The molecule has 1 N–H and O–H groups in total. The fourth-order valence-electron chi connectivity index (χ4n) is 7.83. The third kappa shape index (κ3) is 48.8. The summed E-state index contributed by atoms with van der Waals surface area (Å²) >= 11 is 0. The van der Waals surface area contributed by atoms with Gasteiger partial charge in [-0.1, -0.05) is 205 Å². The Morgan fingerprint density at radius 3 is 1.43 bits per heavy atom. The number of nitrogens with one attached hydrogen (secondary N) is 1. The second-order valence-corrected chi connectivity index (χ2v) is 21.5. The third-order valence-electron chi connectivity index (χ3n) is 12.2. The Labute approximate surface area is 414 Å². The number of phosphoric ester groups is 1. The molecule has 0 saturated carbocycles. The fourth-order valence-corrected chi connectivity index (χ4v) is 8.55. The highest BCUT2D eigenvalue weighted by molar-refractivity contribution is 7.45. The molecule has 3 unspecified atom stereocenters. The molecule has 0 heterocycles. The van der Waals surface area contributed by atoms with Gasteiger partial charge in [-0.3, -0.25) is 14.2 Å². The Bertz CT molecular complexity index is 1290. The standard InChI is InChI=1S/C57H107N2O7P/c1-7-10-13-16-19-22-25-27-28-29-30-32-35-37-40-43-46-49-56(60)58-54(53-65-67(62,63)64-52-51-59(4,5)6)55(48-45-42-39-36-34-31-26-23-20-17-14-11-8-2)66-57(61)50-47-44-41-38-33-24-21-18-15-12-9-3/h18-19,21-22,27-28,45,48,54-55H,7-17,20,23-26,29-44,46-47,49-53H2,1-6H3,(H-,58,60,62,63)/b21-18-,22-19-,28-27-,48-45+. The van der Waals surface area contributed by atoms with Gasteiger partial charge in [-0.15, -0.1) is 0 Å². The van der Waals surface area contributed by atoms with Crippen LogP contribution in [-0.4, -0.2) is 69.4 Å². The van der Waals surface area contributed by atoms with Gasteiger partial charge in [0.2, 0.25) is 5.91 Å². The zero-order valence-corrected chi connectivity index (χ0v) is 45.5. The highest BCUT2D eigenvalue weighted by Crippen LogP contribution is 2.38. The van der Waals surface area contributed by atoms with E-state index in [4.69, 9.17) is 13.8 Å². The van der Waals surface area contributed by atoms with Gasteiger partial charge >= 0.3 is 5.97 Å². The molecule has 10 heteroatoms. The van der Waals surface area contributed by atoms with Crippen molar-refractivity contribution < 1.29 is 37.3 Å². The van der Waals surface area contributed by atoms with E-state index in [9.17, 15) is 19.0 Å². The zero-order chi connectivity index (χ0) is 49.4. The first kappa shape index (κ1) is 65.0. The molecule has 0 radical (unpaired) electrons. The first-order valence-corrected chi connectivity index (χ1v) is 29.4. The van der Waals surface area contributed by atoms with Gasteiger partial charge in [-0.05, 0) is 83.1 Å². The van der Waals surface area contributed by atoms with E-state index in [1.807, 2.05) is 33.3 Å². The summed E-state index contributed by atoms with van der Waals surface area (Å²) in [6.45, 7) is 6.77. The normalized spacial score (nSPS) is 14.2. The summed E-state index contributed by atoms with van der Waals surface area (Å²) in [5.74, 6) is -0.559. The number of carbonyl (C=O) groups excluding carboxylic acids is 2. The molecule has 9 nitrogen and oxygen atoms in total. The lowest BCUT2D eigenvalue weighted by Gasteiger charge is -2.30. The number of ether oxygens (including phenoxy) is 1. The summed E-state index contributed by atoms with van der Waals surface area (Å²) < 4.78 is 30.2. The maximum Gasteiger partial charge on any atom is 0.306 e. The summed E-state index contributed by atoms with van der Waals surface area (Å²) in [6.07, 6.45) is 56.4. The van der Waals surface area contributed by atoms with Crippen LogP contribution in [0, 0.1) is 0 Å². The van der Waals surface area contributed by atoms with Crippen molar-refractivity contribution >= 4 is 19.7 Å². The van der Waals surface area contributed by atoms with Crippen molar-refractivity contribution in [1.82, 2.24) is 5.32 Å². The van der Waals surface area contributed by atoms with Crippen LogP contribution < -0.4 is 10.2 Å². The number of quaternary nitrogens is 1. The molecule has 0 rings (SSSR count). The number of phosphoric acid groups is 1. The van der Waals surface area contributed by atoms with Gasteiger partial charge in [-0.25, -0.2) is 0 Å². The van der Waals surface area contributed by atoms with Crippen LogP contribution in [0.1, 0.15) is 252 Å². The third-order valence-corrected chi connectivity index (χ3v) is 13.2. The van der Waals surface area contributed by atoms with Crippen LogP contribution in [-0.2, 0) is 27.9 Å². The summed E-state index contributed by atoms with van der Waals surface area (Å²) in [5.41, 5.74) is 0. The molecule has 0 aliphatic heterocycles. The largest absolute Gasteiger partial charge is 0.756 e. The molecule has 392 valence electrons. The highest BCUT2D eigenvalue weighted by atomic mass is 31.2. The lowest BCUT2D eigenvalue weighted by atomic mass is 10.0. The first-order chi connectivity index (χ1) is 32.4. The summed E-state index contributed by atoms with van der Waals surface area (Å²) in [4.78, 5) is 39.8. The van der Waals surface area contributed by atoms with E-state index in [1.54, 1.807) is 0 Å². The topological polar surface area (TPSA) is 114 Å². The number of likely N-dealkylation sites (N-methyl/N-ethyl adjacent to an activating group) is 1. The molecule has 1 amide bonds. The van der Waals surface area contributed by atoms with E-state index < -0.39 is 26.6 Å². The smallest absolute Gasteiger partial charge is 0.306 e. The maximum absolute atomic E-state index is 13.5. The summed E-state index contributed by atoms with van der Waals surface area (Å²) in [5, 5.41) is 3.01. The van der Waals surface area contributed by atoms with Crippen molar-refractivity contribution in [2.75, 3.05) is 40.9 Å². The minimum absolute atomic E-state index is 0.0254. The van der Waals surface area contributed by atoms with E-state index in [1.165, 1.54) is 116 Å². The first-order valence-electron chi connectivity index (χ1n) is 27.9. The molecular weight excluding hydrogens is 856 g/mol. The minimum atomic E-state index is -4.69. The zero-order valence-electron chi connectivity index (χ0n) is 44.6. The van der Waals surface area contributed by atoms with Crippen molar-refractivity contribution in [3.63, 3.8) is 0 Å². The number of hydrogen-bond donors (Lipinski definition) is 1. The van der Waals surface area contributed by atoms with Crippen LogP contribution in [0.3, 0.4) is 0 Å². The Morgan fingerprint density at radius 1 is 0.522 bits per heavy atom. The number of unbranched alkanes of at least 4 members (excludes halogenated alkanes) is 28. The highest BCUT2D eigenvalue weighted by Gasteiger charge is 2.27. The molecule has 0 saturated heterocycles. The molecule has 0 aromatic carbocycles. The van der Waals surface area contributed by atoms with Crippen molar-refractivity contribution in [2.24, 2.45) is 0 Å². The fraction of sp³-hybridized carbons (Fsp3) is 0.825. The van der Waals surface area contributed by atoms with Crippen molar-refractivity contribution in [3.8, 4) is 0 Å². The Hall–Kier alpha value is -2.03. The van der Waals surface area contributed by atoms with E-state index in [-0.39, 0.29) is 24.9 Å². The van der Waals surface area contributed by atoms with Crippen LogP contribution in [0.15, 0.2) is 48.6 Å². The molecule has 0 aromatic heterocycles. The minimum Gasteiger partial charge on any atom is -0.756 e. The van der Waals surface area contributed by atoms with Crippen LogP contribution in [0.2, 0.25) is 0 Å². The monoisotopic (exact) mass is 963 g/mol. The summed E-state index contributed by atoms with van der Waals surface area (Å²) in [6, 6.07) is -0.893. The Kier molecular flexibility index (Phi) is 46.2. The quantitative estimate of drug-likeness (QED) is 0.0212. The molecule has 0 aromatic rings. The number of rotatable bonds is 50. The van der Waals surface area contributed by atoms with Crippen LogP contribution >= 0.6 is 7.82 Å². The van der Waals surface area contributed by atoms with Gasteiger partial charge < -0.3 is 28.5 Å². The number of esters is 1. The average Bonchev–Trinajstić information content (AvgIpc) is 3.28. The molecule has 0 spiro atoms. The number of allylic oxidation sites excluding steroid dienone is 7. The second-order valence-electron chi connectivity index (χ2n) is 20.1. The van der Waals surface area contributed by atoms with E-state index >= 15 is 0 Å². The predicted octanol–water partition coefficient (Wildman–Crippen LogP) is 15.9. The number of nitrogens with zero attached hydrogens (tertiary/aromatic N) is 1. The number of hydrogen-bond acceptors (Lipinski definition) is 7. The van der Waals surface area contributed by atoms with E-state index in [0.717, 1.165) is 103 Å². The molecule has 3 atom stereocenters. The van der Waals surface area contributed by atoms with Crippen molar-refractivity contribution in [2.45, 2.75) is 264 Å². The van der Waals surface area contributed by atoms with E-state index in [0.29, 0.717) is 17.4 Å². The Balaban J connectivity index is 5.38. The second kappa shape index (κ2) is 47.6. The van der Waals surface area contributed by atoms with Gasteiger partial charge in [0, 0.05) is 12.8 Å². The van der Waals surface area contributed by atoms with Crippen molar-refractivity contribution in [1.29, 1.82) is 0 Å². The molecule has 67 heavy (non-hydrogen) atoms. The molecule has 0 fully saturated rings. The van der Waals surface area contributed by atoms with Gasteiger partial charge in [0.15, 0.2) is 0 Å².